The Morgan fingerprint density at radius 1 is 1.26 bits per heavy atom. The van der Waals surface area contributed by atoms with Crippen LogP contribution in [0.1, 0.15) is 32.8 Å². The van der Waals surface area contributed by atoms with E-state index in [0.29, 0.717) is 18.8 Å². The molecule has 0 spiro atoms. The third-order valence-electron chi connectivity index (χ3n) is 2.78. The largest absolute Gasteiger partial charge is 0.493 e. The van der Waals surface area contributed by atoms with Gasteiger partial charge in [0.05, 0.1) is 19.3 Å². The second-order valence-electron chi connectivity index (χ2n) is 5.18. The van der Waals surface area contributed by atoms with Gasteiger partial charge in [0.25, 0.3) is 0 Å². The first-order valence-corrected chi connectivity index (χ1v) is 6.69. The first-order chi connectivity index (χ1) is 8.96. The van der Waals surface area contributed by atoms with Crippen LogP contribution in [-0.2, 0) is 6.54 Å². The Morgan fingerprint density at radius 3 is 2.58 bits per heavy atom. The second kappa shape index (κ2) is 7.36. The summed E-state index contributed by atoms with van der Waals surface area (Å²) < 4.78 is 11.0. The molecular formula is C15H25NO3. The molecule has 0 aliphatic heterocycles. The average Bonchev–Trinajstić information content (AvgIpc) is 2.35. The highest BCUT2D eigenvalue weighted by Gasteiger charge is 2.13. The van der Waals surface area contributed by atoms with Gasteiger partial charge in [-0.15, -0.1) is 0 Å². The monoisotopic (exact) mass is 267 g/mol. The van der Waals surface area contributed by atoms with Crippen LogP contribution in [0.15, 0.2) is 18.2 Å². The fourth-order valence-corrected chi connectivity index (χ4v) is 1.62. The molecule has 0 aliphatic carbocycles. The molecule has 0 unspecified atom stereocenters. The van der Waals surface area contributed by atoms with Crippen LogP contribution in [0.2, 0.25) is 0 Å². The van der Waals surface area contributed by atoms with Gasteiger partial charge in [-0.25, -0.2) is 0 Å². The lowest BCUT2D eigenvalue weighted by Gasteiger charge is -2.18. The smallest absolute Gasteiger partial charge is 0.161 e. The predicted molar refractivity (Wildman–Crippen MR) is 76.8 cm³/mol. The van der Waals surface area contributed by atoms with E-state index < -0.39 is 5.60 Å². The molecule has 108 valence electrons. The van der Waals surface area contributed by atoms with Crippen LogP contribution in [0.4, 0.5) is 0 Å². The zero-order valence-electron chi connectivity index (χ0n) is 12.3. The molecule has 19 heavy (non-hydrogen) atoms. The maximum Gasteiger partial charge on any atom is 0.161 e. The van der Waals surface area contributed by atoms with E-state index in [-0.39, 0.29) is 0 Å². The Bertz CT molecular complexity index is 385. The fourth-order valence-electron chi connectivity index (χ4n) is 1.62. The van der Waals surface area contributed by atoms with Gasteiger partial charge in [0.15, 0.2) is 11.5 Å². The van der Waals surface area contributed by atoms with E-state index in [9.17, 15) is 5.11 Å². The summed E-state index contributed by atoms with van der Waals surface area (Å²) in [4.78, 5) is 0. The number of aliphatic hydroxyl groups is 1. The molecule has 0 heterocycles. The van der Waals surface area contributed by atoms with Crippen molar-refractivity contribution in [3.63, 3.8) is 0 Å². The molecule has 4 nitrogen and oxygen atoms in total. The van der Waals surface area contributed by atoms with Crippen LogP contribution in [0, 0.1) is 0 Å². The summed E-state index contributed by atoms with van der Waals surface area (Å²) in [5.41, 5.74) is 0.451. The molecule has 0 amide bonds. The lowest BCUT2D eigenvalue weighted by atomic mass is 10.1. The molecule has 1 aromatic rings. The van der Waals surface area contributed by atoms with Crippen molar-refractivity contribution >= 4 is 0 Å². The molecule has 0 saturated carbocycles. The highest BCUT2D eigenvalue weighted by Crippen LogP contribution is 2.28. The quantitative estimate of drug-likeness (QED) is 0.759. The van der Waals surface area contributed by atoms with Crippen LogP contribution < -0.4 is 14.8 Å². The van der Waals surface area contributed by atoms with E-state index in [1.54, 1.807) is 21.0 Å². The summed E-state index contributed by atoms with van der Waals surface area (Å²) in [6.45, 7) is 7.83. The summed E-state index contributed by atoms with van der Waals surface area (Å²) in [5, 5.41) is 12.9. The zero-order chi connectivity index (χ0) is 14.3. The minimum atomic E-state index is -0.710. The van der Waals surface area contributed by atoms with Gasteiger partial charge in [0.2, 0.25) is 0 Å². The molecule has 0 fully saturated rings. The molecule has 4 heteroatoms. The molecule has 0 atom stereocenters. The van der Waals surface area contributed by atoms with Crippen LogP contribution in [0.3, 0.4) is 0 Å². The standard InChI is InChI=1S/C15H25NO3/c1-5-16-11-12-6-7-13(14(10-12)18-4)19-9-8-15(2,3)17/h6-7,10,16-17H,5,8-9,11H2,1-4H3. The number of rotatable bonds is 8. The van der Waals surface area contributed by atoms with E-state index >= 15 is 0 Å². The van der Waals surface area contributed by atoms with Gasteiger partial charge in [-0.2, -0.15) is 0 Å². The van der Waals surface area contributed by atoms with E-state index in [4.69, 9.17) is 9.47 Å². The first kappa shape index (κ1) is 15.8. The Balaban J connectivity index is 2.62. The van der Waals surface area contributed by atoms with Crippen molar-refractivity contribution in [3.05, 3.63) is 23.8 Å². The number of methoxy groups -OCH3 is 1. The lowest BCUT2D eigenvalue weighted by Crippen LogP contribution is -2.21. The van der Waals surface area contributed by atoms with E-state index in [0.717, 1.165) is 24.4 Å². The Morgan fingerprint density at radius 2 is 2.00 bits per heavy atom. The van der Waals surface area contributed by atoms with Crippen molar-refractivity contribution in [3.8, 4) is 11.5 Å². The van der Waals surface area contributed by atoms with Crippen LogP contribution in [0.5, 0.6) is 11.5 Å². The van der Waals surface area contributed by atoms with Gasteiger partial charge < -0.3 is 19.9 Å². The SMILES string of the molecule is CCNCc1ccc(OCCC(C)(C)O)c(OC)c1. The number of nitrogens with one attached hydrogen (secondary N) is 1. The molecule has 0 radical (unpaired) electrons. The minimum Gasteiger partial charge on any atom is -0.493 e. The average molecular weight is 267 g/mol. The molecule has 2 N–H and O–H groups in total. The summed E-state index contributed by atoms with van der Waals surface area (Å²) >= 11 is 0. The van der Waals surface area contributed by atoms with E-state index in [1.807, 2.05) is 18.2 Å². The molecule has 0 bridgehead atoms. The van der Waals surface area contributed by atoms with Gasteiger partial charge in [-0.05, 0) is 38.1 Å². The highest BCUT2D eigenvalue weighted by atomic mass is 16.5. The van der Waals surface area contributed by atoms with Crippen molar-refractivity contribution < 1.29 is 14.6 Å². The third kappa shape index (κ3) is 5.94. The molecule has 0 aliphatic rings. The normalized spacial score (nSPS) is 11.4. The molecular weight excluding hydrogens is 242 g/mol. The minimum absolute atomic E-state index is 0.465. The summed E-state index contributed by atoms with van der Waals surface area (Å²) in [6, 6.07) is 5.91. The van der Waals surface area contributed by atoms with Crippen molar-refractivity contribution in [1.82, 2.24) is 5.32 Å². The number of benzene rings is 1. The van der Waals surface area contributed by atoms with Crippen molar-refractivity contribution in [1.29, 1.82) is 0 Å². The molecule has 0 aromatic heterocycles. The molecule has 1 rings (SSSR count). The van der Waals surface area contributed by atoms with Crippen LogP contribution in [-0.4, -0.2) is 31.0 Å². The van der Waals surface area contributed by atoms with Crippen LogP contribution >= 0.6 is 0 Å². The van der Waals surface area contributed by atoms with Crippen molar-refractivity contribution in [2.24, 2.45) is 0 Å². The Labute approximate surface area is 115 Å². The molecule has 1 aromatic carbocycles. The van der Waals surface area contributed by atoms with Gasteiger partial charge in [-0.1, -0.05) is 13.0 Å². The van der Waals surface area contributed by atoms with Gasteiger partial charge >= 0.3 is 0 Å². The number of hydrogen-bond donors (Lipinski definition) is 2. The number of ether oxygens (including phenoxy) is 2. The van der Waals surface area contributed by atoms with Gasteiger partial charge in [0.1, 0.15) is 0 Å². The predicted octanol–water partition coefficient (Wildman–Crippen LogP) is 2.34. The third-order valence-corrected chi connectivity index (χ3v) is 2.78. The van der Waals surface area contributed by atoms with Crippen molar-refractivity contribution in [2.45, 2.75) is 39.3 Å². The Hall–Kier alpha value is -1.26. The Kier molecular flexibility index (Phi) is 6.12. The van der Waals surface area contributed by atoms with Crippen molar-refractivity contribution in [2.75, 3.05) is 20.3 Å². The fraction of sp³-hybridized carbons (Fsp3) is 0.600. The topological polar surface area (TPSA) is 50.7 Å². The summed E-state index contributed by atoms with van der Waals surface area (Å²) in [6.07, 6.45) is 0.579. The highest BCUT2D eigenvalue weighted by molar-refractivity contribution is 5.42. The van der Waals surface area contributed by atoms with Crippen LogP contribution in [0.25, 0.3) is 0 Å². The number of hydrogen-bond acceptors (Lipinski definition) is 4. The maximum absolute atomic E-state index is 9.64. The van der Waals surface area contributed by atoms with E-state index in [1.165, 1.54) is 0 Å². The molecule has 0 saturated heterocycles. The van der Waals surface area contributed by atoms with Gasteiger partial charge in [-0.3, -0.25) is 0 Å². The first-order valence-electron chi connectivity index (χ1n) is 6.69. The maximum atomic E-state index is 9.64. The lowest BCUT2D eigenvalue weighted by molar-refractivity contribution is 0.0549. The van der Waals surface area contributed by atoms with Gasteiger partial charge in [0, 0.05) is 13.0 Å². The second-order valence-corrected chi connectivity index (χ2v) is 5.18. The van der Waals surface area contributed by atoms with E-state index in [2.05, 4.69) is 12.2 Å². The zero-order valence-corrected chi connectivity index (χ0v) is 12.3. The summed E-state index contributed by atoms with van der Waals surface area (Å²) in [5.74, 6) is 1.44. The summed E-state index contributed by atoms with van der Waals surface area (Å²) in [7, 11) is 1.63.